The van der Waals surface area contributed by atoms with E-state index in [0.29, 0.717) is 18.0 Å². The lowest BCUT2D eigenvalue weighted by Gasteiger charge is -2.10. The molecule has 0 spiro atoms. The fraction of sp³-hybridized carbons (Fsp3) is 0.176. The third-order valence-corrected chi connectivity index (χ3v) is 3.41. The number of nitrogens with one attached hydrogen (secondary N) is 1. The van der Waals surface area contributed by atoms with Crippen molar-refractivity contribution in [2.75, 3.05) is 13.7 Å². The molecular formula is C17H17N3O3. The summed E-state index contributed by atoms with van der Waals surface area (Å²) in [6.45, 7) is 0.335. The lowest BCUT2D eigenvalue weighted by molar-refractivity contribution is -0.123. The first-order chi connectivity index (χ1) is 11.3. The monoisotopic (exact) mass is 311 g/mol. The van der Waals surface area contributed by atoms with Crippen LogP contribution in [0.5, 0.6) is 11.5 Å². The maximum absolute atomic E-state index is 11.9. The predicted molar refractivity (Wildman–Crippen MR) is 85.5 cm³/mol. The minimum absolute atomic E-state index is 0.0699. The molecule has 1 N–H and O–H groups in total. The Labute approximate surface area is 133 Å². The molecule has 1 aromatic carbocycles. The van der Waals surface area contributed by atoms with Gasteiger partial charge in [0.1, 0.15) is 0 Å². The van der Waals surface area contributed by atoms with Crippen LogP contribution < -0.4 is 14.8 Å². The summed E-state index contributed by atoms with van der Waals surface area (Å²) in [5.74, 6) is 0.940. The molecular weight excluding hydrogens is 294 g/mol. The van der Waals surface area contributed by atoms with E-state index in [2.05, 4.69) is 10.4 Å². The minimum Gasteiger partial charge on any atom is -0.493 e. The summed E-state index contributed by atoms with van der Waals surface area (Å²) in [5, 5.41) is 7.06. The topological polar surface area (TPSA) is 64.9 Å². The lowest BCUT2D eigenvalue weighted by Crippen LogP contribution is -2.28. The quantitative estimate of drug-likeness (QED) is 0.756. The van der Waals surface area contributed by atoms with Gasteiger partial charge in [-0.2, -0.15) is 5.10 Å². The number of fused-ring (bicyclic) bond motifs is 1. The van der Waals surface area contributed by atoms with Crippen LogP contribution in [-0.4, -0.2) is 29.2 Å². The number of carbonyl (C=O) groups is 1. The van der Waals surface area contributed by atoms with Crippen molar-refractivity contribution in [2.24, 2.45) is 0 Å². The van der Waals surface area contributed by atoms with Crippen molar-refractivity contribution in [1.29, 1.82) is 0 Å². The molecule has 6 nitrogen and oxygen atoms in total. The Morgan fingerprint density at radius 3 is 2.78 bits per heavy atom. The molecule has 3 rings (SSSR count). The average Bonchev–Trinajstić information content (AvgIpc) is 3.01. The molecule has 6 heteroatoms. The van der Waals surface area contributed by atoms with E-state index in [1.807, 2.05) is 36.5 Å². The molecule has 2 heterocycles. The van der Waals surface area contributed by atoms with Crippen LogP contribution in [0.2, 0.25) is 0 Å². The van der Waals surface area contributed by atoms with Gasteiger partial charge in [-0.1, -0.05) is 18.2 Å². The predicted octanol–water partition coefficient (Wildman–Crippen LogP) is 2.04. The van der Waals surface area contributed by atoms with Crippen molar-refractivity contribution >= 4 is 11.4 Å². The maximum Gasteiger partial charge on any atom is 0.258 e. The second kappa shape index (κ2) is 6.83. The number of methoxy groups -OCH3 is 1. The Kier molecular flexibility index (Phi) is 4.42. The number of ether oxygens (including phenoxy) is 2. The number of nitrogens with zero attached hydrogens (tertiary/aromatic N) is 2. The van der Waals surface area contributed by atoms with E-state index in [1.165, 1.54) is 0 Å². The van der Waals surface area contributed by atoms with Gasteiger partial charge >= 0.3 is 0 Å². The molecule has 3 aromatic rings. The number of benzene rings is 1. The Morgan fingerprint density at radius 2 is 1.96 bits per heavy atom. The van der Waals surface area contributed by atoms with E-state index < -0.39 is 0 Å². The average molecular weight is 311 g/mol. The number of hydrogen-bond acceptors (Lipinski definition) is 4. The second-order valence-corrected chi connectivity index (χ2v) is 4.92. The number of carbonyl (C=O) groups excluding carboxylic acids is 1. The highest BCUT2D eigenvalue weighted by atomic mass is 16.5. The molecule has 0 aliphatic rings. The van der Waals surface area contributed by atoms with Gasteiger partial charge in [-0.3, -0.25) is 4.79 Å². The van der Waals surface area contributed by atoms with Crippen LogP contribution in [0.1, 0.15) is 5.56 Å². The van der Waals surface area contributed by atoms with Crippen LogP contribution in [0.3, 0.4) is 0 Å². The number of rotatable bonds is 6. The van der Waals surface area contributed by atoms with Crippen molar-refractivity contribution in [3.63, 3.8) is 0 Å². The van der Waals surface area contributed by atoms with Crippen LogP contribution in [0, 0.1) is 0 Å². The molecule has 0 radical (unpaired) electrons. The van der Waals surface area contributed by atoms with E-state index >= 15 is 0 Å². The molecule has 0 saturated carbocycles. The summed E-state index contributed by atoms with van der Waals surface area (Å²) < 4.78 is 12.4. The largest absolute Gasteiger partial charge is 0.493 e. The normalized spacial score (nSPS) is 10.5. The molecule has 1 amide bonds. The summed E-state index contributed by atoms with van der Waals surface area (Å²) in [6.07, 6.45) is 3.61. The van der Waals surface area contributed by atoms with Gasteiger partial charge in [0.25, 0.3) is 5.91 Å². The summed E-state index contributed by atoms with van der Waals surface area (Å²) in [4.78, 5) is 11.9. The van der Waals surface area contributed by atoms with E-state index in [0.717, 1.165) is 11.1 Å². The van der Waals surface area contributed by atoms with Gasteiger partial charge in [0, 0.05) is 18.3 Å². The first kappa shape index (κ1) is 14.9. The number of hydrogen-bond donors (Lipinski definition) is 1. The molecule has 2 aromatic heterocycles. The van der Waals surface area contributed by atoms with Gasteiger partial charge in [-0.25, -0.2) is 4.52 Å². The van der Waals surface area contributed by atoms with Crippen LogP contribution in [-0.2, 0) is 11.3 Å². The summed E-state index contributed by atoms with van der Waals surface area (Å²) in [5.41, 5.74) is 1.93. The van der Waals surface area contributed by atoms with Gasteiger partial charge in [-0.15, -0.1) is 0 Å². The van der Waals surface area contributed by atoms with Gasteiger partial charge in [0.2, 0.25) is 0 Å². The van der Waals surface area contributed by atoms with Crippen LogP contribution in [0.25, 0.3) is 5.52 Å². The third-order valence-electron chi connectivity index (χ3n) is 3.41. The van der Waals surface area contributed by atoms with E-state index in [1.54, 1.807) is 30.0 Å². The van der Waals surface area contributed by atoms with Crippen LogP contribution >= 0.6 is 0 Å². The highest BCUT2D eigenvalue weighted by molar-refractivity contribution is 5.77. The Balaban J connectivity index is 1.56. The summed E-state index contributed by atoms with van der Waals surface area (Å²) in [6, 6.07) is 13.0. The standard InChI is InChI=1S/C17H17N3O3/c1-22-15-7-2-3-8-16(15)23-12-17(21)18-10-13-11-19-20-9-5-4-6-14(13)20/h2-9,11H,10,12H2,1H3,(H,18,21). The first-order valence-corrected chi connectivity index (χ1v) is 7.21. The van der Waals surface area contributed by atoms with E-state index in [4.69, 9.17) is 9.47 Å². The second-order valence-electron chi connectivity index (χ2n) is 4.92. The molecule has 0 bridgehead atoms. The van der Waals surface area contributed by atoms with Crippen molar-refractivity contribution in [2.45, 2.75) is 6.54 Å². The number of pyridine rings is 1. The smallest absolute Gasteiger partial charge is 0.258 e. The van der Waals surface area contributed by atoms with Gasteiger partial charge in [-0.05, 0) is 24.3 Å². The zero-order valence-corrected chi connectivity index (χ0v) is 12.7. The van der Waals surface area contributed by atoms with E-state index in [9.17, 15) is 4.79 Å². The first-order valence-electron chi connectivity index (χ1n) is 7.21. The van der Waals surface area contributed by atoms with Crippen LogP contribution in [0.15, 0.2) is 54.9 Å². The number of aromatic nitrogens is 2. The molecule has 118 valence electrons. The fourth-order valence-corrected chi connectivity index (χ4v) is 2.25. The molecule has 0 aliphatic heterocycles. The maximum atomic E-state index is 11.9. The van der Waals surface area contributed by atoms with E-state index in [-0.39, 0.29) is 12.5 Å². The van der Waals surface area contributed by atoms with Crippen molar-refractivity contribution in [3.8, 4) is 11.5 Å². The fourth-order valence-electron chi connectivity index (χ4n) is 2.25. The van der Waals surface area contributed by atoms with Crippen molar-refractivity contribution in [1.82, 2.24) is 14.9 Å². The minimum atomic E-state index is -0.203. The number of para-hydroxylation sites is 2. The SMILES string of the molecule is COc1ccccc1OCC(=O)NCc1cnn2ccccc12. The van der Waals surface area contributed by atoms with Gasteiger partial charge in [0.15, 0.2) is 18.1 Å². The number of amides is 1. The van der Waals surface area contributed by atoms with Gasteiger partial charge < -0.3 is 14.8 Å². The lowest BCUT2D eigenvalue weighted by atomic mass is 10.2. The molecule has 0 atom stereocenters. The molecule has 0 aliphatic carbocycles. The molecule has 0 saturated heterocycles. The Hall–Kier alpha value is -3.02. The molecule has 23 heavy (non-hydrogen) atoms. The van der Waals surface area contributed by atoms with Gasteiger partial charge in [0.05, 0.1) is 18.8 Å². The third kappa shape index (κ3) is 3.42. The molecule has 0 fully saturated rings. The Bertz CT molecular complexity index is 813. The van der Waals surface area contributed by atoms with Crippen molar-refractivity contribution < 1.29 is 14.3 Å². The highest BCUT2D eigenvalue weighted by Crippen LogP contribution is 2.25. The summed E-state index contributed by atoms with van der Waals surface area (Å²) in [7, 11) is 1.56. The zero-order chi connectivity index (χ0) is 16.1. The summed E-state index contributed by atoms with van der Waals surface area (Å²) >= 11 is 0. The highest BCUT2D eigenvalue weighted by Gasteiger charge is 2.08. The zero-order valence-electron chi connectivity index (χ0n) is 12.7. The van der Waals surface area contributed by atoms with Crippen LogP contribution in [0.4, 0.5) is 0 Å². The molecule has 0 unspecified atom stereocenters. The van der Waals surface area contributed by atoms with Crippen molar-refractivity contribution in [3.05, 3.63) is 60.4 Å². The Morgan fingerprint density at radius 1 is 1.17 bits per heavy atom.